The van der Waals surface area contributed by atoms with E-state index in [9.17, 15) is 9.59 Å². The molecule has 96 valence electrons. The zero-order valence-electron chi connectivity index (χ0n) is 10.8. The van der Waals surface area contributed by atoms with E-state index in [1.165, 1.54) is 18.4 Å². The molecule has 0 saturated heterocycles. The maximum atomic E-state index is 12.2. The summed E-state index contributed by atoms with van der Waals surface area (Å²) in [7, 11) is 0. The minimum absolute atomic E-state index is 0.157. The Balaban J connectivity index is 2.12. The van der Waals surface area contributed by atoms with E-state index in [1.54, 1.807) is 19.9 Å². The molecule has 0 heterocycles. The second kappa shape index (κ2) is 5.34. The van der Waals surface area contributed by atoms with Gasteiger partial charge in [-0.05, 0) is 44.2 Å². The van der Waals surface area contributed by atoms with Crippen LogP contribution in [0.3, 0.4) is 0 Å². The number of Topliss-reactive ketones (excluding diaryl/α,β-unsaturated/α-hetero) is 1. The summed E-state index contributed by atoms with van der Waals surface area (Å²) in [5.74, 6) is -0.717. The van der Waals surface area contributed by atoms with Crippen molar-refractivity contribution in [3.63, 3.8) is 0 Å². The molecule has 0 amide bonds. The van der Waals surface area contributed by atoms with E-state index in [0.717, 1.165) is 0 Å². The zero-order chi connectivity index (χ0) is 13.1. The Morgan fingerprint density at radius 2 is 2.11 bits per heavy atom. The van der Waals surface area contributed by atoms with E-state index >= 15 is 0 Å². The van der Waals surface area contributed by atoms with Crippen LogP contribution in [0.25, 0.3) is 0 Å². The van der Waals surface area contributed by atoms with E-state index in [2.05, 4.69) is 0 Å². The second-order valence-corrected chi connectivity index (χ2v) is 4.74. The lowest BCUT2D eigenvalue weighted by molar-refractivity contribution is -0.145. The molecule has 3 nitrogen and oxygen atoms in total. The summed E-state index contributed by atoms with van der Waals surface area (Å²) < 4.78 is 4.88. The van der Waals surface area contributed by atoms with Gasteiger partial charge in [-0.25, -0.2) is 0 Å². The van der Waals surface area contributed by atoms with Crippen LogP contribution in [0.5, 0.6) is 0 Å². The Kier molecular flexibility index (Phi) is 3.80. The summed E-state index contributed by atoms with van der Waals surface area (Å²) in [6, 6.07) is 7.61. The van der Waals surface area contributed by atoms with Crippen LogP contribution in [0.15, 0.2) is 24.3 Å². The van der Waals surface area contributed by atoms with Crippen LogP contribution in [0, 0.1) is 5.92 Å². The first-order chi connectivity index (χ1) is 8.63. The lowest BCUT2D eigenvalue weighted by Crippen LogP contribution is -2.23. The van der Waals surface area contributed by atoms with Crippen LogP contribution >= 0.6 is 0 Å². The van der Waals surface area contributed by atoms with Crippen molar-refractivity contribution in [3.8, 4) is 0 Å². The Morgan fingerprint density at radius 1 is 1.39 bits per heavy atom. The van der Waals surface area contributed by atoms with E-state index in [-0.39, 0.29) is 5.78 Å². The van der Waals surface area contributed by atoms with Gasteiger partial charge in [0, 0.05) is 5.56 Å². The molecule has 1 atom stereocenters. The van der Waals surface area contributed by atoms with Crippen molar-refractivity contribution in [3.05, 3.63) is 35.4 Å². The van der Waals surface area contributed by atoms with Crippen molar-refractivity contribution >= 4 is 11.8 Å². The average molecular weight is 246 g/mol. The number of rotatable bonds is 5. The highest BCUT2D eigenvalue weighted by molar-refractivity contribution is 6.08. The SMILES string of the molecule is CCOC(=O)C(C)C(=O)c1cccc(C2CC2)c1. The molecular formula is C15H18O3. The molecule has 0 radical (unpaired) electrons. The number of esters is 1. The highest BCUT2D eigenvalue weighted by Gasteiger charge is 2.27. The van der Waals surface area contributed by atoms with Crippen molar-refractivity contribution in [2.24, 2.45) is 5.92 Å². The highest BCUT2D eigenvalue weighted by Crippen LogP contribution is 2.40. The molecule has 1 aromatic carbocycles. The molecule has 1 saturated carbocycles. The molecule has 1 aromatic rings. The van der Waals surface area contributed by atoms with E-state index in [0.29, 0.717) is 18.1 Å². The highest BCUT2D eigenvalue weighted by atomic mass is 16.5. The van der Waals surface area contributed by atoms with Gasteiger partial charge in [-0.15, -0.1) is 0 Å². The minimum Gasteiger partial charge on any atom is -0.465 e. The summed E-state index contributed by atoms with van der Waals surface area (Å²) in [5, 5.41) is 0. The third-order valence-corrected chi connectivity index (χ3v) is 3.25. The number of ketones is 1. The van der Waals surface area contributed by atoms with E-state index < -0.39 is 11.9 Å². The fourth-order valence-corrected chi connectivity index (χ4v) is 1.99. The lowest BCUT2D eigenvalue weighted by Gasteiger charge is -2.10. The monoisotopic (exact) mass is 246 g/mol. The quantitative estimate of drug-likeness (QED) is 0.456. The van der Waals surface area contributed by atoms with Gasteiger partial charge in [0.15, 0.2) is 5.78 Å². The number of carbonyl (C=O) groups is 2. The molecule has 3 heteroatoms. The number of hydrogen-bond donors (Lipinski definition) is 0. The Labute approximate surface area is 107 Å². The van der Waals surface area contributed by atoms with Crippen molar-refractivity contribution in [2.75, 3.05) is 6.61 Å². The van der Waals surface area contributed by atoms with Crippen molar-refractivity contribution < 1.29 is 14.3 Å². The molecule has 1 unspecified atom stereocenters. The van der Waals surface area contributed by atoms with Gasteiger partial charge in [0.2, 0.25) is 0 Å². The Hall–Kier alpha value is -1.64. The van der Waals surface area contributed by atoms with Crippen molar-refractivity contribution in [1.82, 2.24) is 0 Å². The fourth-order valence-electron chi connectivity index (χ4n) is 1.99. The third kappa shape index (κ3) is 2.78. The number of carbonyl (C=O) groups excluding carboxylic acids is 2. The molecule has 1 aliphatic rings. The van der Waals surface area contributed by atoms with E-state index in [1.807, 2.05) is 18.2 Å². The Morgan fingerprint density at radius 3 is 2.72 bits per heavy atom. The molecule has 0 aliphatic heterocycles. The van der Waals surface area contributed by atoms with Gasteiger partial charge in [0.05, 0.1) is 6.61 Å². The Bertz CT molecular complexity index is 461. The predicted octanol–water partition coefficient (Wildman–Crippen LogP) is 2.95. The maximum absolute atomic E-state index is 12.2. The van der Waals surface area contributed by atoms with Gasteiger partial charge in [-0.2, -0.15) is 0 Å². The molecule has 0 bridgehead atoms. The van der Waals surface area contributed by atoms with Crippen molar-refractivity contribution in [1.29, 1.82) is 0 Å². The van der Waals surface area contributed by atoms with Crippen molar-refractivity contribution in [2.45, 2.75) is 32.6 Å². The molecule has 0 N–H and O–H groups in total. The van der Waals surface area contributed by atoms with Crippen LogP contribution in [-0.2, 0) is 9.53 Å². The lowest BCUT2D eigenvalue weighted by atomic mass is 9.97. The summed E-state index contributed by atoms with van der Waals surface area (Å²) in [5.41, 5.74) is 1.82. The molecule has 0 aromatic heterocycles. The van der Waals surface area contributed by atoms with Gasteiger partial charge in [0.1, 0.15) is 5.92 Å². The standard InChI is InChI=1S/C15H18O3/c1-3-18-15(17)10(2)14(16)13-6-4-5-12(9-13)11-7-8-11/h4-6,9-11H,3,7-8H2,1-2H3. The minimum atomic E-state index is -0.723. The van der Waals surface area contributed by atoms with Gasteiger partial charge in [-0.1, -0.05) is 18.2 Å². The summed E-state index contributed by atoms with van der Waals surface area (Å²) in [4.78, 5) is 23.7. The molecule has 2 rings (SSSR count). The molecule has 18 heavy (non-hydrogen) atoms. The van der Waals surface area contributed by atoms with Crippen LogP contribution in [0.2, 0.25) is 0 Å². The largest absolute Gasteiger partial charge is 0.465 e. The average Bonchev–Trinajstić information content (AvgIpc) is 3.22. The predicted molar refractivity (Wildman–Crippen MR) is 68.5 cm³/mol. The van der Waals surface area contributed by atoms with Gasteiger partial charge in [-0.3, -0.25) is 9.59 Å². The van der Waals surface area contributed by atoms with Gasteiger partial charge < -0.3 is 4.74 Å². The third-order valence-electron chi connectivity index (χ3n) is 3.25. The van der Waals surface area contributed by atoms with Crippen LogP contribution in [-0.4, -0.2) is 18.4 Å². The number of ether oxygens (including phenoxy) is 1. The zero-order valence-corrected chi connectivity index (χ0v) is 10.8. The maximum Gasteiger partial charge on any atom is 0.316 e. The molecular weight excluding hydrogens is 228 g/mol. The molecule has 0 spiro atoms. The molecule has 1 fully saturated rings. The first-order valence-corrected chi connectivity index (χ1v) is 6.44. The topological polar surface area (TPSA) is 43.4 Å². The smallest absolute Gasteiger partial charge is 0.316 e. The van der Waals surface area contributed by atoms with Gasteiger partial charge in [0.25, 0.3) is 0 Å². The summed E-state index contributed by atoms with van der Waals surface area (Å²) >= 11 is 0. The van der Waals surface area contributed by atoms with Crippen LogP contribution < -0.4 is 0 Å². The first-order valence-electron chi connectivity index (χ1n) is 6.44. The summed E-state index contributed by atoms with van der Waals surface area (Å²) in [6.07, 6.45) is 2.40. The number of benzene rings is 1. The van der Waals surface area contributed by atoms with E-state index in [4.69, 9.17) is 4.74 Å². The second-order valence-electron chi connectivity index (χ2n) is 4.74. The fraction of sp³-hybridized carbons (Fsp3) is 0.467. The summed E-state index contributed by atoms with van der Waals surface area (Å²) in [6.45, 7) is 3.64. The van der Waals surface area contributed by atoms with Crippen LogP contribution in [0.1, 0.15) is 48.5 Å². The van der Waals surface area contributed by atoms with Gasteiger partial charge >= 0.3 is 5.97 Å². The van der Waals surface area contributed by atoms with Crippen LogP contribution in [0.4, 0.5) is 0 Å². The normalized spacial score (nSPS) is 16.1. The first kappa shape index (κ1) is 12.8. The molecule has 1 aliphatic carbocycles. The number of hydrogen-bond acceptors (Lipinski definition) is 3.